The largest absolute Gasteiger partial charge is 0.490 e. The van der Waals surface area contributed by atoms with E-state index in [1.807, 2.05) is 24.3 Å². The summed E-state index contributed by atoms with van der Waals surface area (Å²) in [6.45, 7) is 5.50. The van der Waals surface area contributed by atoms with E-state index in [4.69, 9.17) is 10.5 Å². The molecular formula is C20H24N6O2. The molecular weight excluding hydrogens is 356 g/mol. The maximum absolute atomic E-state index is 12.8. The van der Waals surface area contributed by atoms with Gasteiger partial charge in [-0.2, -0.15) is 5.10 Å². The Hall–Kier alpha value is -3.10. The molecule has 3 aromatic rings. The van der Waals surface area contributed by atoms with Crippen LogP contribution >= 0.6 is 0 Å². The first kappa shape index (κ1) is 18.3. The average molecular weight is 380 g/mol. The Morgan fingerprint density at radius 2 is 2.07 bits per heavy atom. The highest BCUT2D eigenvalue weighted by Gasteiger charge is 2.15. The quantitative estimate of drug-likeness (QED) is 0.599. The lowest BCUT2D eigenvalue weighted by molar-refractivity contribution is 0.102. The number of pyridine rings is 1. The molecule has 0 saturated carbocycles. The summed E-state index contributed by atoms with van der Waals surface area (Å²) in [7, 11) is 0. The molecule has 1 saturated heterocycles. The molecule has 28 heavy (non-hydrogen) atoms. The summed E-state index contributed by atoms with van der Waals surface area (Å²) in [6.07, 6.45) is 3.27. The second-order valence-corrected chi connectivity index (χ2v) is 6.74. The van der Waals surface area contributed by atoms with E-state index in [1.54, 1.807) is 22.8 Å². The van der Waals surface area contributed by atoms with Crippen LogP contribution in [0.25, 0.3) is 5.52 Å². The molecule has 1 fully saturated rings. The molecule has 0 aliphatic carbocycles. The molecule has 0 radical (unpaired) electrons. The van der Waals surface area contributed by atoms with Crippen molar-refractivity contribution in [1.29, 1.82) is 0 Å². The lowest BCUT2D eigenvalue weighted by Gasteiger charge is -2.27. The number of carbonyl (C=O) groups excluding carboxylic acids is 1. The molecule has 0 spiro atoms. The van der Waals surface area contributed by atoms with Crippen molar-refractivity contribution >= 4 is 22.8 Å². The maximum Gasteiger partial charge on any atom is 0.259 e. The van der Waals surface area contributed by atoms with Crippen LogP contribution in [-0.4, -0.2) is 59.8 Å². The molecule has 1 amide bonds. The number of hydrogen-bond donors (Lipinski definition) is 3. The Bertz CT molecular complexity index is 964. The van der Waals surface area contributed by atoms with Gasteiger partial charge in [0.2, 0.25) is 0 Å². The van der Waals surface area contributed by atoms with Gasteiger partial charge in [0.05, 0.1) is 23.0 Å². The van der Waals surface area contributed by atoms with E-state index < -0.39 is 0 Å². The van der Waals surface area contributed by atoms with E-state index in [9.17, 15) is 4.79 Å². The fraction of sp³-hybridized carbons (Fsp3) is 0.300. The van der Waals surface area contributed by atoms with Crippen molar-refractivity contribution in [1.82, 2.24) is 19.8 Å². The molecule has 4 rings (SSSR count). The van der Waals surface area contributed by atoms with Gasteiger partial charge in [-0.3, -0.25) is 9.69 Å². The van der Waals surface area contributed by atoms with Gasteiger partial charge in [-0.25, -0.2) is 4.52 Å². The SMILES string of the molecule is Nc1ccn2ncc(C(=O)Nc3ccccc3OCCN3CCNCC3)c2c1. The Morgan fingerprint density at radius 1 is 1.25 bits per heavy atom. The van der Waals surface area contributed by atoms with Crippen LogP contribution in [0.15, 0.2) is 48.8 Å². The van der Waals surface area contributed by atoms with Crippen molar-refractivity contribution in [3.63, 3.8) is 0 Å². The van der Waals surface area contributed by atoms with E-state index in [0.29, 0.717) is 34.8 Å². The molecule has 1 aliphatic heterocycles. The first-order chi connectivity index (χ1) is 13.7. The topological polar surface area (TPSA) is 96.9 Å². The number of nitrogens with zero attached hydrogens (tertiary/aromatic N) is 3. The molecule has 0 atom stereocenters. The average Bonchev–Trinajstić information content (AvgIpc) is 3.13. The number of piperazine rings is 1. The van der Waals surface area contributed by atoms with E-state index in [2.05, 4.69) is 20.6 Å². The van der Waals surface area contributed by atoms with Crippen LogP contribution in [0, 0.1) is 0 Å². The first-order valence-electron chi connectivity index (χ1n) is 9.40. The molecule has 2 aromatic heterocycles. The highest BCUT2D eigenvalue weighted by atomic mass is 16.5. The smallest absolute Gasteiger partial charge is 0.259 e. The van der Waals surface area contributed by atoms with E-state index in [0.717, 1.165) is 32.7 Å². The standard InChI is InChI=1S/C20H24N6O2/c21-15-5-8-26-18(13-15)16(14-23-26)20(27)24-17-3-1-2-4-19(17)28-12-11-25-9-6-22-7-10-25/h1-5,8,13-14,22H,6-7,9-12,21H2,(H,24,27). The van der Waals surface area contributed by atoms with Crippen molar-refractivity contribution in [2.24, 2.45) is 0 Å². The Balaban J connectivity index is 1.44. The fourth-order valence-electron chi connectivity index (χ4n) is 3.28. The highest BCUT2D eigenvalue weighted by molar-refractivity contribution is 6.09. The number of para-hydroxylation sites is 2. The summed E-state index contributed by atoms with van der Waals surface area (Å²) in [5.74, 6) is 0.403. The van der Waals surface area contributed by atoms with Crippen LogP contribution in [-0.2, 0) is 0 Å². The number of nitrogen functional groups attached to an aromatic ring is 1. The Kier molecular flexibility index (Phi) is 5.41. The van der Waals surface area contributed by atoms with E-state index >= 15 is 0 Å². The van der Waals surface area contributed by atoms with Gasteiger partial charge in [-0.05, 0) is 24.3 Å². The molecule has 146 valence electrons. The number of amides is 1. The number of fused-ring (bicyclic) bond motifs is 1. The van der Waals surface area contributed by atoms with Crippen LogP contribution in [0.1, 0.15) is 10.4 Å². The van der Waals surface area contributed by atoms with Crippen LogP contribution in [0.5, 0.6) is 5.75 Å². The normalized spacial score (nSPS) is 14.9. The summed E-state index contributed by atoms with van der Waals surface area (Å²) in [5.41, 5.74) is 8.18. The van der Waals surface area contributed by atoms with Gasteiger partial charge < -0.3 is 21.1 Å². The summed E-state index contributed by atoms with van der Waals surface area (Å²) >= 11 is 0. The third kappa shape index (κ3) is 4.08. The lowest BCUT2D eigenvalue weighted by atomic mass is 10.2. The zero-order valence-corrected chi connectivity index (χ0v) is 15.6. The van der Waals surface area contributed by atoms with Gasteiger partial charge in [-0.15, -0.1) is 0 Å². The monoisotopic (exact) mass is 380 g/mol. The Morgan fingerprint density at radius 3 is 2.93 bits per heavy atom. The van der Waals surface area contributed by atoms with Crippen molar-refractivity contribution in [2.45, 2.75) is 0 Å². The number of rotatable bonds is 6. The highest BCUT2D eigenvalue weighted by Crippen LogP contribution is 2.25. The minimum Gasteiger partial charge on any atom is -0.490 e. The van der Waals surface area contributed by atoms with Gasteiger partial charge in [0, 0.05) is 44.6 Å². The summed E-state index contributed by atoms with van der Waals surface area (Å²) in [5, 5.41) is 10.5. The number of nitrogens with two attached hydrogens (primary N) is 1. The number of ether oxygens (including phenoxy) is 1. The predicted octanol–water partition coefficient (Wildman–Crippen LogP) is 1.45. The molecule has 4 N–H and O–H groups in total. The number of nitrogens with one attached hydrogen (secondary N) is 2. The molecule has 0 unspecified atom stereocenters. The van der Waals surface area contributed by atoms with Gasteiger partial charge in [0.1, 0.15) is 12.4 Å². The maximum atomic E-state index is 12.8. The summed E-state index contributed by atoms with van der Waals surface area (Å²) < 4.78 is 7.57. The zero-order valence-electron chi connectivity index (χ0n) is 15.6. The van der Waals surface area contributed by atoms with Crippen LogP contribution in [0.2, 0.25) is 0 Å². The van der Waals surface area contributed by atoms with Crippen LogP contribution in [0.4, 0.5) is 11.4 Å². The number of aromatic nitrogens is 2. The minimum absolute atomic E-state index is 0.251. The second kappa shape index (κ2) is 8.28. The minimum atomic E-state index is -0.251. The van der Waals surface area contributed by atoms with E-state index in [1.165, 1.54) is 6.20 Å². The first-order valence-corrected chi connectivity index (χ1v) is 9.40. The van der Waals surface area contributed by atoms with Crippen molar-refractivity contribution < 1.29 is 9.53 Å². The zero-order chi connectivity index (χ0) is 19.3. The van der Waals surface area contributed by atoms with E-state index in [-0.39, 0.29) is 5.91 Å². The Labute approximate surface area is 163 Å². The molecule has 8 nitrogen and oxygen atoms in total. The van der Waals surface area contributed by atoms with Crippen molar-refractivity contribution in [3.05, 3.63) is 54.4 Å². The fourth-order valence-corrected chi connectivity index (χ4v) is 3.28. The summed E-state index contributed by atoms with van der Waals surface area (Å²) in [6, 6.07) is 10.9. The van der Waals surface area contributed by atoms with Crippen molar-refractivity contribution in [2.75, 3.05) is 50.4 Å². The molecule has 1 aromatic carbocycles. The molecule has 1 aliphatic rings. The van der Waals surface area contributed by atoms with Crippen molar-refractivity contribution in [3.8, 4) is 5.75 Å². The molecule has 8 heteroatoms. The number of hydrogen-bond acceptors (Lipinski definition) is 6. The van der Waals surface area contributed by atoms with Crippen LogP contribution < -0.4 is 21.1 Å². The second-order valence-electron chi connectivity index (χ2n) is 6.74. The lowest BCUT2D eigenvalue weighted by Crippen LogP contribution is -2.44. The van der Waals surface area contributed by atoms with Gasteiger partial charge in [0.25, 0.3) is 5.91 Å². The molecule has 0 bridgehead atoms. The van der Waals surface area contributed by atoms with Gasteiger partial charge in [-0.1, -0.05) is 12.1 Å². The third-order valence-electron chi connectivity index (χ3n) is 4.80. The number of carbonyl (C=O) groups is 1. The van der Waals surface area contributed by atoms with Gasteiger partial charge >= 0.3 is 0 Å². The molecule has 3 heterocycles. The summed E-state index contributed by atoms with van der Waals surface area (Å²) in [4.78, 5) is 15.2. The number of benzene rings is 1. The predicted molar refractivity (Wildman–Crippen MR) is 109 cm³/mol. The van der Waals surface area contributed by atoms with Crippen LogP contribution in [0.3, 0.4) is 0 Å². The third-order valence-corrected chi connectivity index (χ3v) is 4.80. The van der Waals surface area contributed by atoms with Gasteiger partial charge in [0.15, 0.2) is 0 Å². The number of anilines is 2.